The SMILES string of the molecule is CCC(=O)[O-].CCC(=O)[O-].[Mg+2].[NH-]CCN.[Na+]. The smallest absolute Gasteiger partial charge is 0.676 e. The van der Waals surface area contributed by atoms with Crippen LogP contribution >= 0.6 is 0 Å². The van der Waals surface area contributed by atoms with Crippen molar-refractivity contribution in [2.45, 2.75) is 26.7 Å². The van der Waals surface area contributed by atoms with Gasteiger partial charge in [-0.2, -0.15) is 0 Å². The summed E-state index contributed by atoms with van der Waals surface area (Å²) >= 11 is 0. The first kappa shape index (κ1) is 30.0. The van der Waals surface area contributed by atoms with Crippen molar-refractivity contribution < 1.29 is 49.4 Å². The van der Waals surface area contributed by atoms with Crippen LogP contribution in [0.4, 0.5) is 0 Å². The standard InChI is InChI=1S/2C3H6O2.C2H7N2.Mg.Na/c2*1-2-3(4)5;3-1-2-4;;/h2*2H2,1H3,(H,4,5);3H,1-2,4H2;;/q;;-1;+2;+1/p-2. The molecule has 0 aromatic rings. The maximum Gasteiger partial charge on any atom is 2.00 e. The number of carbonyl (C=O) groups excluding carboxylic acids is 2. The van der Waals surface area contributed by atoms with Gasteiger partial charge in [0.2, 0.25) is 0 Å². The molecule has 0 heterocycles. The molecule has 0 unspecified atom stereocenters. The summed E-state index contributed by atoms with van der Waals surface area (Å²) in [4.78, 5) is 18.5. The van der Waals surface area contributed by atoms with Crippen molar-refractivity contribution in [1.82, 2.24) is 0 Å². The molecule has 0 aromatic heterocycles. The fraction of sp³-hybridized carbons (Fsp3) is 0.750. The van der Waals surface area contributed by atoms with Gasteiger partial charge in [-0.05, 0) is 19.4 Å². The van der Waals surface area contributed by atoms with E-state index in [4.69, 9.17) is 11.5 Å². The number of hydrogen-bond donors (Lipinski definition) is 1. The normalized spacial score (nSPS) is 6.50. The minimum absolute atomic E-state index is 0. The van der Waals surface area contributed by atoms with Crippen molar-refractivity contribution >= 4 is 35.0 Å². The van der Waals surface area contributed by atoms with Crippen molar-refractivity contribution in [3.8, 4) is 0 Å². The van der Waals surface area contributed by atoms with Gasteiger partial charge < -0.3 is 31.3 Å². The number of rotatable bonds is 3. The van der Waals surface area contributed by atoms with Gasteiger partial charge in [-0.25, -0.2) is 0 Å². The third-order valence-corrected chi connectivity index (χ3v) is 0.722. The topological polar surface area (TPSA) is 130 Å². The molecule has 0 aliphatic rings. The third-order valence-electron chi connectivity index (χ3n) is 0.722. The largest absolute Gasteiger partial charge is 2.00 e. The molecule has 0 saturated carbocycles. The molecule has 0 saturated heterocycles. The average Bonchev–Trinajstić information content (AvgIpc) is 2.19. The van der Waals surface area contributed by atoms with Crippen molar-refractivity contribution in [2.24, 2.45) is 5.73 Å². The summed E-state index contributed by atoms with van der Waals surface area (Å²) in [6.07, 6.45) is 0.222. The first-order valence-electron chi connectivity index (χ1n) is 4.20. The number of carboxylic acid groups (broad SMARTS) is 2. The first-order chi connectivity index (χ1) is 6.45. The predicted octanol–water partition coefficient (Wildman–Crippen LogP) is -5.09. The molecule has 0 radical (unpaired) electrons. The zero-order valence-corrected chi connectivity index (χ0v) is 13.7. The Morgan fingerprint density at radius 3 is 1.25 bits per heavy atom. The van der Waals surface area contributed by atoms with E-state index in [0.29, 0.717) is 13.1 Å². The molecule has 6 nitrogen and oxygen atoms in total. The minimum Gasteiger partial charge on any atom is -0.676 e. The molecule has 0 atom stereocenters. The Hall–Kier alpha value is 0.626. The Labute approximate surface area is 135 Å². The molecule has 0 rings (SSSR count). The van der Waals surface area contributed by atoms with Crippen LogP contribution in [-0.4, -0.2) is 48.1 Å². The molecular weight excluding hydrogens is 235 g/mol. The summed E-state index contributed by atoms with van der Waals surface area (Å²) in [5.41, 5.74) is 11.2. The Morgan fingerprint density at radius 2 is 1.25 bits per heavy atom. The average molecular weight is 253 g/mol. The monoisotopic (exact) mass is 252 g/mol. The second kappa shape index (κ2) is 29.6. The Bertz CT molecular complexity index is 134. The number of carboxylic acids is 2. The van der Waals surface area contributed by atoms with Crippen LogP contribution in [0, 0.1) is 0 Å². The summed E-state index contributed by atoms with van der Waals surface area (Å²) < 4.78 is 0. The van der Waals surface area contributed by atoms with Crippen molar-refractivity contribution in [3.63, 3.8) is 0 Å². The summed E-state index contributed by atoms with van der Waals surface area (Å²) in [6, 6.07) is 0. The summed E-state index contributed by atoms with van der Waals surface area (Å²) in [6.45, 7) is 3.91. The molecule has 0 aliphatic heterocycles. The number of nitrogens with one attached hydrogen (secondary N) is 1. The Kier molecular flexibility index (Phi) is 55.6. The van der Waals surface area contributed by atoms with Crippen LogP contribution in [0.15, 0.2) is 0 Å². The zero-order valence-electron chi connectivity index (χ0n) is 10.2. The third kappa shape index (κ3) is 85.8. The van der Waals surface area contributed by atoms with E-state index < -0.39 is 11.9 Å². The fourth-order valence-corrected chi connectivity index (χ4v) is 0. The van der Waals surface area contributed by atoms with E-state index in [2.05, 4.69) is 0 Å². The van der Waals surface area contributed by atoms with Crippen LogP contribution in [-0.2, 0) is 9.59 Å². The first-order valence-corrected chi connectivity index (χ1v) is 4.20. The van der Waals surface area contributed by atoms with Crippen LogP contribution < -0.4 is 45.5 Å². The molecule has 0 fully saturated rings. The van der Waals surface area contributed by atoms with Gasteiger partial charge in [-0.3, -0.25) is 0 Å². The quantitative estimate of drug-likeness (QED) is 0.502. The summed E-state index contributed by atoms with van der Waals surface area (Å²) in [5, 5.41) is 18.5. The fourth-order valence-electron chi connectivity index (χ4n) is 0. The van der Waals surface area contributed by atoms with Crippen LogP contribution in [0.3, 0.4) is 0 Å². The molecule has 8 heteroatoms. The van der Waals surface area contributed by atoms with Gasteiger partial charge >= 0.3 is 52.6 Å². The Balaban J connectivity index is -0.0000000358. The molecule has 86 valence electrons. The minimum atomic E-state index is -0.995. The second-order valence-corrected chi connectivity index (χ2v) is 1.99. The van der Waals surface area contributed by atoms with Gasteiger partial charge in [0.1, 0.15) is 0 Å². The van der Waals surface area contributed by atoms with Gasteiger partial charge in [-0.1, -0.05) is 13.8 Å². The van der Waals surface area contributed by atoms with Crippen molar-refractivity contribution in [2.75, 3.05) is 13.1 Å². The van der Waals surface area contributed by atoms with Crippen LogP contribution in [0.5, 0.6) is 0 Å². The second-order valence-electron chi connectivity index (χ2n) is 1.99. The van der Waals surface area contributed by atoms with Gasteiger partial charge in [0.25, 0.3) is 0 Å². The number of nitrogens with two attached hydrogens (primary N) is 1. The number of aliphatic carboxylic acids is 2. The van der Waals surface area contributed by atoms with Gasteiger partial charge in [0.05, 0.1) is 0 Å². The molecule has 0 amide bonds. The molecular formula is C8H17MgN2NaO4. The molecule has 0 aromatic carbocycles. The number of carbonyl (C=O) groups is 2. The molecule has 3 N–H and O–H groups in total. The van der Waals surface area contributed by atoms with E-state index in [1.165, 1.54) is 13.8 Å². The van der Waals surface area contributed by atoms with Gasteiger partial charge in [-0.15, -0.1) is 6.54 Å². The van der Waals surface area contributed by atoms with E-state index in [1.54, 1.807) is 0 Å². The van der Waals surface area contributed by atoms with E-state index in [1.807, 2.05) is 0 Å². The van der Waals surface area contributed by atoms with E-state index >= 15 is 0 Å². The van der Waals surface area contributed by atoms with Crippen molar-refractivity contribution in [3.05, 3.63) is 5.73 Å². The van der Waals surface area contributed by atoms with E-state index in [0.717, 1.165) is 0 Å². The van der Waals surface area contributed by atoms with Crippen LogP contribution in [0.25, 0.3) is 5.73 Å². The maximum atomic E-state index is 9.26. The zero-order chi connectivity index (χ0) is 12.0. The molecule has 16 heavy (non-hydrogen) atoms. The van der Waals surface area contributed by atoms with E-state index in [9.17, 15) is 19.8 Å². The van der Waals surface area contributed by atoms with Crippen molar-refractivity contribution in [1.29, 1.82) is 0 Å². The molecule has 0 spiro atoms. The van der Waals surface area contributed by atoms with Gasteiger partial charge in [0.15, 0.2) is 0 Å². The molecule has 0 bridgehead atoms. The van der Waals surface area contributed by atoms with E-state index in [-0.39, 0.29) is 65.5 Å². The molecule has 0 aliphatic carbocycles. The number of hydrogen-bond acceptors (Lipinski definition) is 5. The van der Waals surface area contributed by atoms with Gasteiger partial charge in [0, 0.05) is 11.9 Å². The summed E-state index contributed by atoms with van der Waals surface area (Å²) in [5.74, 6) is -1.99. The predicted molar refractivity (Wildman–Crippen MR) is 54.6 cm³/mol. The van der Waals surface area contributed by atoms with Crippen LogP contribution in [0.2, 0.25) is 0 Å². The van der Waals surface area contributed by atoms with Crippen LogP contribution in [0.1, 0.15) is 26.7 Å². The summed E-state index contributed by atoms with van der Waals surface area (Å²) in [7, 11) is 0. The maximum absolute atomic E-state index is 9.26. The Morgan fingerprint density at radius 1 is 1.12 bits per heavy atom.